The second-order valence-corrected chi connectivity index (χ2v) is 5.54. The molecular formula is C13H11ClIN3O. The van der Waals surface area contributed by atoms with E-state index in [-0.39, 0.29) is 5.91 Å². The Bertz CT molecular complexity index is 581. The van der Waals surface area contributed by atoms with Crippen LogP contribution in [-0.2, 0) is 0 Å². The minimum Gasteiger partial charge on any atom is -0.298 e. The number of benzene rings is 1. The second-order valence-electron chi connectivity index (χ2n) is 3.91. The molecule has 0 atom stereocenters. The molecule has 4 nitrogen and oxygen atoms in total. The number of carbonyl (C=O) groups is 1. The number of carbonyl (C=O) groups excluding carboxylic acids is 1. The minimum absolute atomic E-state index is 0.258. The summed E-state index contributed by atoms with van der Waals surface area (Å²) in [7, 11) is 0. The third-order valence-corrected chi connectivity index (χ3v) is 3.26. The van der Waals surface area contributed by atoms with Crippen LogP contribution in [0.2, 0.25) is 5.15 Å². The largest absolute Gasteiger partial charge is 0.298 e. The van der Waals surface area contributed by atoms with Crippen molar-refractivity contribution < 1.29 is 4.79 Å². The Morgan fingerprint density at radius 3 is 2.58 bits per heavy atom. The van der Waals surface area contributed by atoms with Gasteiger partial charge in [-0.1, -0.05) is 11.6 Å². The van der Waals surface area contributed by atoms with Gasteiger partial charge >= 0.3 is 0 Å². The smallest absolute Gasteiger partial charge is 0.269 e. The molecule has 6 heteroatoms. The first kappa shape index (κ1) is 14.1. The summed E-state index contributed by atoms with van der Waals surface area (Å²) in [5, 5.41) is 0.305. The summed E-state index contributed by atoms with van der Waals surface area (Å²) in [6, 6.07) is 10.9. The van der Waals surface area contributed by atoms with E-state index in [2.05, 4.69) is 38.4 Å². The van der Waals surface area contributed by atoms with Crippen LogP contribution < -0.4 is 10.9 Å². The molecule has 0 saturated heterocycles. The highest BCUT2D eigenvalue weighted by Gasteiger charge is 2.07. The highest BCUT2D eigenvalue weighted by atomic mass is 127. The highest BCUT2D eigenvalue weighted by Crippen LogP contribution is 2.12. The number of amides is 1. The van der Waals surface area contributed by atoms with Crippen molar-refractivity contribution in [3.05, 3.63) is 56.4 Å². The molecule has 0 unspecified atom stereocenters. The maximum Gasteiger partial charge on any atom is 0.269 e. The molecule has 0 radical (unpaired) electrons. The molecule has 2 N–H and O–H groups in total. The fraction of sp³-hybridized carbons (Fsp3) is 0.0769. The number of nitrogens with one attached hydrogen (secondary N) is 2. The van der Waals surface area contributed by atoms with Crippen LogP contribution >= 0.6 is 34.2 Å². The molecule has 1 amide bonds. The lowest BCUT2D eigenvalue weighted by Gasteiger charge is -2.09. The monoisotopic (exact) mass is 387 g/mol. The first-order valence-corrected chi connectivity index (χ1v) is 6.96. The number of halogens is 2. The van der Waals surface area contributed by atoms with Gasteiger partial charge in [0.2, 0.25) is 0 Å². The van der Waals surface area contributed by atoms with Crippen LogP contribution in [0, 0.1) is 10.5 Å². The van der Waals surface area contributed by atoms with Gasteiger partial charge in [0.05, 0.1) is 5.69 Å². The lowest BCUT2D eigenvalue weighted by atomic mass is 10.2. The molecule has 19 heavy (non-hydrogen) atoms. The molecule has 0 aliphatic carbocycles. The predicted molar refractivity (Wildman–Crippen MR) is 84.2 cm³/mol. The minimum atomic E-state index is -0.258. The van der Waals surface area contributed by atoms with Crippen LogP contribution in [0.5, 0.6) is 0 Å². The van der Waals surface area contributed by atoms with Gasteiger partial charge in [-0.15, -0.1) is 0 Å². The van der Waals surface area contributed by atoms with Crippen LogP contribution in [0.4, 0.5) is 5.69 Å². The number of hydrazine groups is 1. The van der Waals surface area contributed by atoms with Crippen molar-refractivity contribution in [2.24, 2.45) is 0 Å². The molecule has 1 aromatic heterocycles. The van der Waals surface area contributed by atoms with Crippen LogP contribution in [0.1, 0.15) is 16.1 Å². The van der Waals surface area contributed by atoms with Crippen LogP contribution in [0.3, 0.4) is 0 Å². The molecule has 2 aromatic rings. The van der Waals surface area contributed by atoms with Crippen LogP contribution in [0.25, 0.3) is 0 Å². The molecule has 0 spiro atoms. The lowest BCUT2D eigenvalue weighted by molar-refractivity contribution is 0.0962. The number of pyridine rings is 1. The van der Waals surface area contributed by atoms with Crippen molar-refractivity contribution in [2.45, 2.75) is 6.92 Å². The van der Waals surface area contributed by atoms with E-state index in [1.807, 2.05) is 24.3 Å². The predicted octanol–water partition coefficient (Wildman–Crippen LogP) is 3.40. The van der Waals surface area contributed by atoms with E-state index >= 15 is 0 Å². The van der Waals surface area contributed by atoms with Crippen molar-refractivity contribution in [2.75, 3.05) is 5.43 Å². The topological polar surface area (TPSA) is 54.0 Å². The molecular weight excluding hydrogens is 377 g/mol. The van der Waals surface area contributed by atoms with Gasteiger partial charge in [-0.25, -0.2) is 4.98 Å². The standard InChI is InChI=1S/C13H11ClIN3O/c1-8-6-9(7-12(14)16-8)13(19)18-17-11-4-2-10(15)3-5-11/h2-7,17H,1H3,(H,18,19). The zero-order valence-corrected chi connectivity index (χ0v) is 13.0. The summed E-state index contributed by atoms with van der Waals surface area (Å²) in [5.41, 5.74) is 7.43. The first-order valence-electron chi connectivity index (χ1n) is 5.51. The Balaban J connectivity index is 2.03. The normalized spacial score (nSPS) is 10.1. The Labute approximate surface area is 129 Å². The quantitative estimate of drug-likeness (QED) is 0.482. The van der Waals surface area contributed by atoms with E-state index in [9.17, 15) is 4.79 Å². The zero-order valence-electron chi connectivity index (χ0n) is 10.1. The average Bonchev–Trinajstić information content (AvgIpc) is 2.36. The van der Waals surface area contributed by atoms with Gasteiger partial charge in [-0.05, 0) is 65.9 Å². The van der Waals surface area contributed by atoms with Gasteiger partial charge < -0.3 is 0 Å². The zero-order chi connectivity index (χ0) is 13.8. The molecule has 0 saturated carbocycles. The molecule has 0 bridgehead atoms. The fourth-order valence-electron chi connectivity index (χ4n) is 1.49. The molecule has 0 aliphatic heterocycles. The Hall–Kier alpha value is -1.34. The van der Waals surface area contributed by atoms with Gasteiger partial charge in [0.15, 0.2) is 0 Å². The average molecular weight is 388 g/mol. The van der Waals surface area contributed by atoms with E-state index in [1.54, 1.807) is 13.0 Å². The second kappa shape index (κ2) is 6.21. The van der Waals surface area contributed by atoms with Crippen molar-refractivity contribution >= 4 is 45.8 Å². The van der Waals surface area contributed by atoms with Crippen molar-refractivity contribution in [3.63, 3.8) is 0 Å². The van der Waals surface area contributed by atoms with Gasteiger partial charge in [-0.2, -0.15) is 0 Å². The Kier molecular flexibility index (Phi) is 4.60. The number of aryl methyl sites for hydroxylation is 1. The van der Waals surface area contributed by atoms with Crippen molar-refractivity contribution in [1.82, 2.24) is 10.4 Å². The van der Waals surface area contributed by atoms with Crippen LogP contribution in [0.15, 0.2) is 36.4 Å². The number of nitrogens with zero attached hydrogens (tertiary/aromatic N) is 1. The van der Waals surface area contributed by atoms with E-state index in [1.165, 1.54) is 6.07 Å². The van der Waals surface area contributed by atoms with E-state index in [0.29, 0.717) is 16.4 Å². The summed E-state index contributed by atoms with van der Waals surface area (Å²) < 4.78 is 1.13. The third kappa shape index (κ3) is 4.07. The number of rotatable bonds is 3. The molecule has 2 rings (SSSR count). The lowest BCUT2D eigenvalue weighted by Crippen LogP contribution is -2.29. The maximum absolute atomic E-state index is 11.9. The van der Waals surface area contributed by atoms with Gasteiger partial charge in [0.1, 0.15) is 5.15 Å². The number of hydrogen-bond donors (Lipinski definition) is 2. The van der Waals surface area contributed by atoms with Gasteiger partial charge in [0.25, 0.3) is 5.91 Å². The summed E-state index contributed by atoms with van der Waals surface area (Å²) in [4.78, 5) is 15.9. The summed E-state index contributed by atoms with van der Waals surface area (Å²) in [5.74, 6) is -0.258. The first-order chi connectivity index (χ1) is 9.04. The van der Waals surface area contributed by atoms with Gasteiger partial charge in [0, 0.05) is 14.8 Å². The van der Waals surface area contributed by atoms with E-state index in [0.717, 1.165) is 9.26 Å². The maximum atomic E-state index is 11.9. The molecule has 1 aromatic carbocycles. The Morgan fingerprint density at radius 2 is 1.95 bits per heavy atom. The fourth-order valence-corrected chi connectivity index (χ4v) is 2.10. The number of aromatic nitrogens is 1. The molecule has 98 valence electrons. The van der Waals surface area contributed by atoms with E-state index < -0.39 is 0 Å². The SMILES string of the molecule is Cc1cc(C(=O)NNc2ccc(I)cc2)cc(Cl)n1. The number of hydrogen-bond acceptors (Lipinski definition) is 3. The molecule has 1 heterocycles. The van der Waals surface area contributed by atoms with Crippen molar-refractivity contribution in [1.29, 1.82) is 0 Å². The molecule has 0 fully saturated rings. The van der Waals surface area contributed by atoms with Gasteiger partial charge in [-0.3, -0.25) is 15.6 Å². The molecule has 0 aliphatic rings. The summed E-state index contributed by atoms with van der Waals surface area (Å²) in [6.07, 6.45) is 0. The van der Waals surface area contributed by atoms with Crippen molar-refractivity contribution in [3.8, 4) is 0 Å². The summed E-state index contributed by atoms with van der Waals surface area (Å²) >= 11 is 8.03. The van der Waals surface area contributed by atoms with Crippen LogP contribution in [-0.4, -0.2) is 10.9 Å². The third-order valence-electron chi connectivity index (χ3n) is 2.35. The highest BCUT2D eigenvalue weighted by molar-refractivity contribution is 14.1. The Morgan fingerprint density at radius 1 is 1.26 bits per heavy atom. The summed E-state index contributed by atoms with van der Waals surface area (Å²) in [6.45, 7) is 1.79. The van der Waals surface area contributed by atoms with E-state index in [4.69, 9.17) is 11.6 Å². The number of anilines is 1.